The molecule has 2 aliphatic rings. The first-order chi connectivity index (χ1) is 21.1. The highest BCUT2D eigenvalue weighted by Gasteiger charge is 2.42. The van der Waals surface area contributed by atoms with Crippen molar-refractivity contribution in [1.29, 1.82) is 5.41 Å². The molecule has 226 valence electrons. The molecule has 44 heavy (non-hydrogen) atoms. The quantitative estimate of drug-likeness (QED) is 0.153. The molecule has 0 amide bonds. The second-order valence-electron chi connectivity index (χ2n) is 11.1. The molecule has 2 aromatic heterocycles. The Morgan fingerprint density at radius 1 is 0.886 bits per heavy atom. The topological polar surface area (TPSA) is 117 Å². The smallest absolute Gasteiger partial charge is 0.393 e. The Kier molecular flexibility index (Phi) is 7.73. The van der Waals surface area contributed by atoms with Crippen molar-refractivity contribution in [2.45, 2.75) is 19.0 Å². The average molecular weight is 600 g/mol. The molecule has 8 nitrogen and oxygen atoms in total. The van der Waals surface area contributed by atoms with E-state index in [0.717, 1.165) is 27.8 Å². The van der Waals surface area contributed by atoms with Crippen molar-refractivity contribution in [1.82, 2.24) is 14.9 Å². The minimum Gasteiger partial charge on any atom is -0.450 e. The van der Waals surface area contributed by atoms with Crippen molar-refractivity contribution in [3.63, 3.8) is 0 Å². The number of nitrogens with zero attached hydrogens (tertiary/aromatic N) is 4. The van der Waals surface area contributed by atoms with Crippen molar-refractivity contribution in [3.05, 3.63) is 78.6 Å². The van der Waals surface area contributed by atoms with Crippen LogP contribution in [-0.2, 0) is 0 Å². The molecule has 2 aliphatic heterocycles. The lowest BCUT2D eigenvalue weighted by atomic mass is 9.97. The maximum atomic E-state index is 13.5. The molecular weight excluding hydrogens is 567 g/mol. The van der Waals surface area contributed by atoms with E-state index in [1.807, 2.05) is 52.3 Å². The summed E-state index contributed by atoms with van der Waals surface area (Å²) in [6.45, 7) is 5.19. The van der Waals surface area contributed by atoms with Crippen LogP contribution in [0.1, 0.15) is 24.0 Å². The number of alkyl halides is 3. The molecule has 1 fully saturated rings. The molecule has 5 N–H and O–H groups in total. The van der Waals surface area contributed by atoms with Gasteiger partial charge in [0.2, 0.25) is 0 Å². The van der Waals surface area contributed by atoms with Crippen LogP contribution < -0.4 is 21.1 Å². The first kappa shape index (κ1) is 29.2. The largest absolute Gasteiger partial charge is 0.450 e. The molecule has 4 heterocycles. The number of ether oxygens (including phenoxy) is 1. The number of nitrogens with two attached hydrogens (primary N) is 2. The van der Waals surface area contributed by atoms with E-state index < -0.39 is 12.1 Å². The Hall–Kier alpha value is -4.90. The first-order valence-corrected chi connectivity index (χ1v) is 14.3. The van der Waals surface area contributed by atoms with Gasteiger partial charge in [0.25, 0.3) is 0 Å². The SMILES string of the molecule is C=Cc1cc(-c2cnc3c(c2)Oc2cc(-c4ccc(N)c(C=N)c4)cnc2N3CCN2CCCC(C(F)(F)F)C2)ccc1N. The van der Waals surface area contributed by atoms with E-state index in [0.29, 0.717) is 66.1 Å². The van der Waals surface area contributed by atoms with E-state index in [9.17, 15) is 13.2 Å². The summed E-state index contributed by atoms with van der Waals surface area (Å²) in [5, 5.41) is 7.67. The number of benzene rings is 2. The van der Waals surface area contributed by atoms with Crippen molar-refractivity contribution < 1.29 is 17.9 Å². The van der Waals surface area contributed by atoms with Gasteiger partial charge < -0.3 is 31.4 Å². The van der Waals surface area contributed by atoms with Gasteiger partial charge in [0, 0.05) is 66.3 Å². The molecule has 0 radical (unpaired) electrons. The van der Waals surface area contributed by atoms with Crippen LogP contribution in [0.2, 0.25) is 0 Å². The summed E-state index contributed by atoms with van der Waals surface area (Å²) in [5.74, 6) is 0.709. The van der Waals surface area contributed by atoms with Gasteiger partial charge in [0.15, 0.2) is 23.1 Å². The average Bonchev–Trinajstić information content (AvgIpc) is 3.02. The fraction of sp³-hybridized carbons (Fsp3) is 0.242. The third kappa shape index (κ3) is 5.70. The predicted molar refractivity (Wildman–Crippen MR) is 168 cm³/mol. The van der Waals surface area contributed by atoms with E-state index in [1.165, 1.54) is 6.21 Å². The van der Waals surface area contributed by atoms with Gasteiger partial charge in [-0.25, -0.2) is 9.97 Å². The van der Waals surface area contributed by atoms with Gasteiger partial charge >= 0.3 is 6.18 Å². The Balaban J connectivity index is 1.36. The molecule has 1 atom stereocenters. The van der Waals surface area contributed by atoms with Gasteiger partial charge in [-0.05, 0) is 72.5 Å². The number of halogens is 3. The number of pyridine rings is 2. The summed E-state index contributed by atoms with van der Waals surface area (Å²) in [6, 6.07) is 14.8. The highest BCUT2D eigenvalue weighted by Crippen LogP contribution is 2.47. The third-order valence-corrected chi connectivity index (χ3v) is 8.22. The zero-order valence-corrected chi connectivity index (χ0v) is 23.9. The second kappa shape index (κ2) is 11.6. The normalized spacial score (nSPS) is 16.5. The molecule has 0 spiro atoms. The number of aromatic nitrogens is 2. The zero-order valence-electron chi connectivity index (χ0n) is 23.9. The molecule has 4 aromatic rings. The number of nitrogen functional groups attached to an aromatic ring is 2. The lowest BCUT2D eigenvalue weighted by molar-refractivity contribution is -0.186. The summed E-state index contributed by atoms with van der Waals surface area (Å²) in [5.41, 5.74) is 17.8. The molecule has 0 saturated carbocycles. The highest BCUT2D eigenvalue weighted by atomic mass is 19.4. The van der Waals surface area contributed by atoms with Crippen molar-refractivity contribution in [2.24, 2.45) is 5.92 Å². The number of anilines is 4. The van der Waals surface area contributed by atoms with Crippen molar-refractivity contribution in [3.8, 4) is 33.8 Å². The molecule has 0 aliphatic carbocycles. The fourth-order valence-electron chi connectivity index (χ4n) is 5.75. The number of piperidine rings is 1. The standard InChI is InChI=1S/C33H32F3N7O/c1-2-20-12-21(5-7-27(20)38)24-14-29-31(40-17-24)43(11-10-42-9-3-4-26(19-42)33(34,35)36)32-30(44-29)15-25(18-41-32)22-6-8-28(39)23(13-22)16-37/h2,5-8,12-18,26,37H,1,3-4,9-11,19,38-39H2. The number of hydrogen-bond acceptors (Lipinski definition) is 8. The van der Waals surface area contributed by atoms with Gasteiger partial charge in [-0.1, -0.05) is 24.8 Å². The summed E-state index contributed by atoms with van der Waals surface area (Å²) < 4.78 is 46.9. The Labute approximate surface area is 253 Å². The molecular formula is C33H32F3N7O. The van der Waals surface area contributed by atoms with Crippen molar-refractivity contribution >= 4 is 35.3 Å². The van der Waals surface area contributed by atoms with Crippen LogP contribution in [0.3, 0.4) is 0 Å². The van der Waals surface area contributed by atoms with Crippen molar-refractivity contribution in [2.75, 3.05) is 42.5 Å². The summed E-state index contributed by atoms with van der Waals surface area (Å²) in [7, 11) is 0. The maximum absolute atomic E-state index is 13.5. The Bertz CT molecular complexity index is 1630. The zero-order chi connectivity index (χ0) is 31.0. The Morgan fingerprint density at radius 3 is 2.05 bits per heavy atom. The lowest BCUT2D eigenvalue weighted by Gasteiger charge is -2.36. The second-order valence-corrected chi connectivity index (χ2v) is 11.1. The molecule has 11 heteroatoms. The van der Waals surface area contributed by atoms with E-state index in [4.69, 9.17) is 31.6 Å². The highest BCUT2D eigenvalue weighted by molar-refractivity contribution is 5.88. The van der Waals surface area contributed by atoms with E-state index in [1.54, 1.807) is 24.5 Å². The van der Waals surface area contributed by atoms with Crippen LogP contribution in [-0.4, -0.2) is 53.4 Å². The number of hydrogen-bond donors (Lipinski definition) is 3. The van der Waals surface area contributed by atoms with Gasteiger partial charge in [0.1, 0.15) is 0 Å². The van der Waals surface area contributed by atoms with Gasteiger partial charge in [-0.15, -0.1) is 0 Å². The number of nitrogens with one attached hydrogen (secondary N) is 1. The lowest BCUT2D eigenvalue weighted by Crippen LogP contribution is -2.44. The van der Waals surface area contributed by atoms with Crippen LogP contribution in [0.15, 0.2) is 67.5 Å². The monoisotopic (exact) mass is 599 g/mol. The molecule has 1 unspecified atom stereocenters. The van der Waals surface area contributed by atoms with Crippen LogP contribution in [0.4, 0.5) is 36.2 Å². The molecule has 2 aromatic carbocycles. The molecule has 1 saturated heterocycles. The van der Waals surface area contributed by atoms with Crippen LogP contribution in [0.25, 0.3) is 28.3 Å². The maximum Gasteiger partial charge on any atom is 0.393 e. The predicted octanol–water partition coefficient (Wildman–Crippen LogP) is 7.13. The number of fused-ring (bicyclic) bond motifs is 2. The summed E-state index contributed by atoms with van der Waals surface area (Å²) in [6.07, 6.45) is 2.78. The van der Waals surface area contributed by atoms with Crippen LogP contribution in [0, 0.1) is 11.3 Å². The molecule has 6 rings (SSSR count). The van der Waals surface area contributed by atoms with E-state index >= 15 is 0 Å². The third-order valence-electron chi connectivity index (χ3n) is 8.22. The summed E-state index contributed by atoms with van der Waals surface area (Å²) >= 11 is 0. The fourth-order valence-corrected chi connectivity index (χ4v) is 5.75. The van der Waals surface area contributed by atoms with Gasteiger partial charge in [-0.2, -0.15) is 13.2 Å². The van der Waals surface area contributed by atoms with Crippen LogP contribution >= 0.6 is 0 Å². The minimum atomic E-state index is -4.21. The Morgan fingerprint density at radius 2 is 1.48 bits per heavy atom. The number of rotatable bonds is 7. The minimum absolute atomic E-state index is 0.0262. The molecule has 0 bridgehead atoms. The first-order valence-electron chi connectivity index (χ1n) is 14.3. The van der Waals surface area contributed by atoms with E-state index in [2.05, 4.69) is 6.58 Å². The van der Waals surface area contributed by atoms with E-state index in [-0.39, 0.29) is 13.0 Å². The van der Waals surface area contributed by atoms with Gasteiger partial charge in [0.05, 0.1) is 5.92 Å². The van der Waals surface area contributed by atoms with Gasteiger partial charge in [-0.3, -0.25) is 0 Å². The summed E-state index contributed by atoms with van der Waals surface area (Å²) in [4.78, 5) is 13.2. The van der Waals surface area contributed by atoms with Crippen LogP contribution in [0.5, 0.6) is 11.5 Å². The number of likely N-dealkylation sites (tertiary alicyclic amines) is 1.